The Morgan fingerprint density at radius 3 is 2.53 bits per heavy atom. The van der Waals surface area contributed by atoms with E-state index < -0.39 is 23.7 Å². The van der Waals surface area contributed by atoms with E-state index in [-0.39, 0.29) is 13.1 Å². The number of benzene rings is 1. The molecule has 0 radical (unpaired) electrons. The fraction of sp³-hybridized carbons (Fsp3) is 0.455. The Morgan fingerprint density at radius 1 is 1.35 bits per heavy atom. The summed E-state index contributed by atoms with van der Waals surface area (Å²) in [6.45, 7) is 1.96. The van der Waals surface area contributed by atoms with Crippen LogP contribution in [0.25, 0.3) is 0 Å². The van der Waals surface area contributed by atoms with Crippen LogP contribution in [0.4, 0.5) is 17.6 Å². The molecule has 0 fully saturated rings. The predicted octanol–water partition coefficient (Wildman–Crippen LogP) is 2.31. The third-order valence-electron chi connectivity index (χ3n) is 2.11. The van der Waals surface area contributed by atoms with Crippen molar-refractivity contribution in [2.24, 2.45) is 0 Å². The zero-order valence-electron chi connectivity index (χ0n) is 9.18. The predicted molar refractivity (Wildman–Crippen MR) is 54.8 cm³/mol. The van der Waals surface area contributed by atoms with Gasteiger partial charge in [-0.05, 0) is 24.6 Å². The average molecular weight is 251 g/mol. The van der Waals surface area contributed by atoms with Crippen molar-refractivity contribution < 1.29 is 22.7 Å². The SMILES string of the molecule is C[C@@H](O)CNCc1ccc(F)c(C(F)(F)F)c1. The summed E-state index contributed by atoms with van der Waals surface area (Å²) in [5, 5.41) is 11.7. The Hall–Kier alpha value is -1.14. The van der Waals surface area contributed by atoms with E-state index in [2.05, 4.69) is 5.32 Å². The van der Waals surface area contributed by atoms with Gasteiger partial charge in [-0.2, -0.15) is 13.2 Å². The van der Waals surface area contributed by atoms with Gasteiger partial charge in [0.15, 0.2) is 0 Å². The molecule has 2 nitrogen and oxygen atoms in total. The van der Waals surface area contributed by atoms with Crippen molar-refractivity contribution in [3.63, 3.8) is 0 Å². The molecule has 0 heterocycles. The first kappa shape index (κ1) is 13.9. The molecule has 96 valence electrons. The number of aliphatic hydroxyl groups excluding tert-OH is 1. The zero-order valence-corrected chi connectivity index (χ0v) is 9.18. The Kier molecular flexibility index (Phi) is 4.47. The molecule has 2 N–H and O–H groups in total. The second-order valence-corrected chi connectivity index (χ2v) is 3.79. The lowest BCUT2D eigenvalue weighted by Crippen LogP contribution is -2.24. The lowest BCUT2D eigenvalue weighted by Gasteiger charge is -2.11. The van der Waals surface area contributed by atoms with Crippen LogP contribution < -0.4 is 5.32 Å². The summed E-state index contributed by atoms with van der Waals surface area (Å²) >= 11 is 0. The standard InChI is InChI=1S/C11H13F4NO/c1-7(17)5-16-6-8-2-3-10(12)9(4-8)11(13,14)15/h2-4,7,16-17H,5-6H2,1H3/t7-/m1/s1. The van der Waals surface area contributed by atoms with Gasteiger partial charge in [-0.15, -0.1) is 0 Å². The lowest BCUT2D eigenvalue weighted by molar-refractivity contribution is -0.140. The number of alkyl halides is 3. The third kappa shape index (κ3) is 4.32. The van der Waals surface area contributed by atoms with Crippen molar-refractivity contribution >= 4 is 0 Å². The molecule has 0 spiro atoms. The highest BCUT2D eigenvalue weighted by Gasteiger charge is 2.34. The Bertz CT molecular complexity index is 376. The number of hydrogen-bond donors (Lipinski definition) is 2. The molecule has 0 aliphatic rings. The van der Waals surface area contributed by atoms with Gasteiger partial charge >= 0.3 is 6.18 Å². The monoisotopic (exact) mass is 251 g/mol. The molecule has 1 aromatic rings. The lowest BCUT2D eigenvalue weighted by atomic mass is 10.1. The molecule has 1 aromatic carbocycles. The van der Waals surface area contributed by atoms with Gasteiger partial charge in [0.25, 0.3) is 0 Å². The quantitative estimate of drug-likeness (QED) is 0.805. The van der Waals surface area contributed by atoms with E-state index >= 15 is 0 Å². The van der Waals surface area contributed by atoms with Gasteiger partial charge in [-0.3, -0.25) is 0 Å². The number of hydrogen-bond acceptors (Lipinski definition) is 2. The van der Waals surface area contributed by atoms with Gasteiger partial charge in [0.05, 0.1) is 11.7 Å². The van der Waals surface area contributed by atoms with Crippen LogP contribution in [-0.2, 0) is 12.7 Å². The van der Waals surface area contributed by atoms with Crippen LogP contribution in [0.2, 0.25) is 0 Å². The van der Waals surface area contributed by atoms with E-state index in [0.29, 0.717) is 5.56 Å². The molecule has 0 aliphatic heterocycles. The number of rotatable bonds is 4. The normalized spacial score (nSPS) is 13.8. The molecular weight excluding hydrogens is 238 g/mol. The summed E-state index contributed by atoms with van der Waals surface area (Å²) in [6.07, 6.45) is -5.28. The summed E-state index contributed by atoms with van der Waals surface area (Å²) < 4.78 is 50.1. The summed E-state index contributed by atoms with van der Waals surface area (Å²) in [5.41, 5.74) is -0.951. The summed E-state index contributed by atoms with van der Waals surface area (Å²) in [7, 11) is 0. The highest BCUT2D eigenvalue weighted by Crippen LogP contribution is 2.31. The minimum Gasteiger partial charge on any atom is -0.392 e. The molecule has 17 heavy (non-hydrogen) atoms. The second-order valence-electron chi connectivity index (χ2n) is 3.79. The molecule has 0 saturated heterocycles. The molecule has 0 unspecified atom stereocenters. The van der Waals surface area contributed by atoms with Crippen molar-refractivity contribution in [2.45, 2.75) is 25.7 Å². The van der Waals surface area contributed by atoms with E-state index in [1.165, 1.54) is 6.07 Å². The molecule has 1 atom stereocenters. The van der Waals surface area contributed by atoms with Crippen molar-refractivity contribution in [1.82, 2.24) is 5.32 Å². The van der Waals surface area contributed by atoms with Crippen molar-refractivity contribution in [3.05, 3.63) is 35.1 Å². The fourth-order valence-corrected chi connectivity index (χ4v) is 1.33. The van der Waals surface area contributed by atoms with Crippen molar-refractivity contribution in [2.75, 3.05) is 6.54 Å². The van der Waals surface area contributed by atoms with E-state index in [0.717, 1.165) is 12.1 Å². The van der Waals surface area contributed by atoms with Crippen LogP contribution in [0.5, 0.6) is 0 Å². The first-order valence-corrected chi connectivity index (χ1v) is 5.05. The summed E-state index contributed by atoms with van der Waals surface area (Å²) in [4.78, 5) is 0. The Labute approximate surface area is 96.3 Å². The van der Waals surface area contributed by atoms with E-state index in [1.807, 2.05) is 0 Å². The van der Waals surface area contributed by atoms with Crippen LogP contribution in [0.3, 0.4) is 0 Å². The van der Waals surface area contributed by atoms with Crippen LogP contribution in [-0.4, -0.2) is 17.8 Å². The van der Waals surface area contributed by atoms with E-state index in [1.54, 1.807) is 6.92 Å². The van der Waals surface area contributed by atoms with Gasteiger partial charge in [-0.1, -0.05) is 6.07 Å². The Morgan fingerprint density at radius 2 is 2.00 bits per heavy atom. The van der Waals surface area contributed by atoms with Gasteiger partial charge in [-0.25, -0.2) is 4.39 Å². The number of halogens is 4. The summed E-state index contributed by atoms with van der Waals surface area (Å²) in [6, 6.07) is 2.84. The third-order valence-corrected chi connectivity index (χ3v) is 2.11. The fourth-order valence-electron chi connectivity index (χ4n) is 1.33. The van der Waals surface area contributed by atoms with Gasteiger partial charge in [0.1, 0.15) is 5.82 Å². The molecule has 1 rings (SSSR count). The van der Waals surface area contributed by atoms with Crippen LogP contribution in [0, 0.1) is 5.82 Å². The van der Waals surface area contributed by atoms with Crippen molar-refractivity contribution in [1.29, 1.82) is 0 Å². The van der Waals surface area contributed by atoms with Gasteiger partial charge in [0.2, 0.25) is 0 Å². The smallest absolute Gasteiger partial charge is 0.392 e. The van der Waals surface area contributed by atoms with Gasteiger partial charge in [0, 0.05) is 13.1 Å². The average Bonchev–Trinajstić information content (AvgIpc) is 2.18. The van der Waals surface area contributed by atoms with Crippen molar-refractivity contribution in [3.8, 4) is 0 Å². The minimum atomic E-state index is -4.69. The maximum absolute atomic E-state index is 12.9. The van der Waals surface area contributed by atoms with Crippen LogP contribution in [0.1, 0.15) is 18.1 Å². The maximum atomic E-state index is 12.9. The molecule has 0 saturated carbocycles. The molecule has 6 heteroatoms. The molecule has 0 amide bonds. The molecule has 0 bridgehead atoms. The highest BCUT2D eigenvalue weighted by molar-refractivity contribution is 5.27. The molecule has 0 aromatic heterocycles. The largest absolute Gasteiger partial charge is 0.419 e. The molecular formula is C11H13F4NO. The van der Waals surface area contributed by atoms with Crippen LogP contribution >= 0.6 is 0 Å². The minimum absolute atomic E-state index is 0.147. The number of nitrogens with one attached hydrogen (secondary N) is 1. The van der Waals surface area contributed by atoms with Gasteiger partial charge < -0.3 is 10.4 Å². The van der Waals surface area contributed by atoms with E-state index in [9.17, 15) is 17.6 Å². The summed E-state index contributed by atoms with van der Waals surface area (Å²) in [5.74, 6) is -1.28. The highest BCUT2D eigenvalue weighted by atomic mass is 19.4. The first-order valence-electron chi connectivity index (χ1n) is 5.05. The van der Waals surface area contributed by atoms with E-state index in [4.69, 9.17) is 5.11 Å². The second kappa shape index (κ2) is 5.46. The topological polar surface area (TPSA) is 32.3 Å². The first-order chi connectivity index (χ1) is 7.80. The molecule has 0 aliphatic carbocycles. The number of aliphatic hydroxyl groups is 1. The maximum Gasteiger partial charge on any atom is 0.419 e. The van der Waals surface area contributed by atoms with Crippen LogP contribution in [0.15, 0.2) is 18.2 Å². The zero-order chi connectivity index (χ0) is 13.1. The Balaban J connectivity index is 2.76.